The first-order valence-electron chi connectivity index (χ1n) is 8.09. The highest BCUT2D eigenvalue weighted by atomic mass is 32.1. The van der Waals surface area contributed by atoms with Crippen molar-refractivity contribution in [2.24, 2.45) is 0 Å². The van der Waals surface area contributed by atoms with Crippen molar-refractivity contribution in [1.29, 1.82) is 0 Å². The molecule has 0 fully saturated rings. The largest absolute Gasteiger partial charge is 0.494 e. The Kier molecular flexibility index (Phi) is 7.40. The second-order valence-electron chi connectivity index (χ2n) is 5.28. The lowest BCUT2D eigenvalue weighted by atomic mass is 10.1. The van der Waals surface area contributed by atoms with Crippen molar-refractivity contribution in [3.05, 3.63) is 60.2 Å². The van der Waals surface area contributed by atoms with E-state index in [2.05, 4.69) is 41.0 Å². The van der Waals surface area contributed by atoms with E-state index in [1.807, 2.05) is 31.2 Å². The van der Waals surface area contributed by atoms with Crippen LogP contribution in [0.3, 0.4) is 0 Å². The molecule has 2 N–H and O–H groups in total. The third-order valence-corrected chi connectivity index (χ3v) is 3.69. The maximum Gasteiger partial charge on any atom is 0.170 e. The monoisotopic (exact) mass is 328 g/mol. The molecule has 0 saturated carbocycles. The fourth-order valence-corrected chi connectivity index (χ4v) is 2.50. The summed E-state index contributed by atoms with van der Waals surface area (Å²) in [5.41, 5.74) is 2.36. The molecule has 2 aromatic rings. The number of benzene rings is 2. The molecule has 0 radical (unpaired) electrons. The van der Waals surface area contributed by atoms with Crippen LogP contribution in [0.5, 0.6) is 5.75 Å². The minimum absolute atomic E-state index is 0.661. The Labute approximate surface area is 144 Å². The number of hydrogen-bond acceptors (Lipinski definition) is 2. The minimum atomic E-state index is 0.661. The van der Waals surface area contributed by atoms with Gasteiger partial charge in [-0.25, -0.2) is 0 Å². The van der Waals surface area contributed by atoms with Crippen LogP contribution in [-0.2, 0) is 6.42 Å². The van der Waals surface area contributed by atoms with Crippen molar-refractivity contribution in [2.75, 3.05) is 18.5 Å². The number of anilines is 1. The van der Waals surface area contributed by atoms with Crippen LogP contribution in [0, 0.1) is 0 Å². The average Bonchev–Trinajstić information content (AvgIpc) is 2.57. The van der Waals surface area contributed by atoms with Gasteiger partial charge in [-0.2, -0.15) is 0 Å². The topological polar surface area (TPSA) is 33.3 Å². The standard InChI is InChI=1S/C19H24N2OS/c1-2-22-18-13-11-17(12-14-18)21-19(23)20-15-7-6-10-16-8-4-3-5-9-16/h3-5,8-9,11-14H,2,6-7,10,15H2,1H3,(H2,20,21,23). The highest BCUT2D eigenvalue weighted by Gasteiger charge is 1.99. The van der Waals surface area contributed by atoms with Crippen LogP contribution in [-0.4, -0.2) is 18.3 Å². The molecule has 2 rings (SSSR count). The molecule has 0 bridgehead atoms. The second kappa shape index (κ2) is 9.85. The first-order chi connectivity index (χ1) is 11.3. The quantitative estimate of drug-likeness (QED) is 0.556. The van der Waals surface area contributed by atoms with Crippen molar-refractivity contribution in [3.63, 3.8) is 0 Å². The first-order valence-corrected chi connectivity index (χ1v) is 8.50. The van der Waals surface area contributed by atoms with Gasteiger partial charge in [0.05, 0.1) is 6.61 Å². The van der Waals surface area contributed by atoms with E-state index in [1.165, 1.54) is 5.56 Å². The molecule has 0 atom stereocenters. The summed E-state index contributed by atoms with van der Waals surface area (Å²) in [7, 11) is 0. The summed E-state index contributed by atoms with van der Waals surface area (Å²) in [5, 5.41) is 7.09. The maximum atomic E-state index is 5.42. The van der Waals surface area contributed by atoms with Gasteiger partial charge in [-0.1, -0.05) is 30.3 Å². The van der Waals surface area contributed by atoms with Gasteiger partial charge in [0.2, 0.25) is 0 Å². The molecule has 4 heteroatoms. The van der Waals surface area contributed by atoms with Gasteiger partial charge >= 0.3 is 0 Å². The summed E-state index contributed by atoms with van der Waals surface area (Å²) < 4.78 is 5.42. The van der Waals surface area contributed by atoms with Gasteiger partial charge in [0.25, 0.3) is 0 Å². The van der Waals surface area contributed by atoms with Crippen LogP contribution in [0.15, 0.2) is 54.6 Å². The lowest BCUT2D eigenvalue weighted by Crippen LogP contribution is -2.29. The third-order valence-electron chi connectivity index (χ3n) is 3.44. The zero-order valence-corrected chi connectivity index (χ0v) is 14.4. The Morgan fingerprint density at radius 3 is 2.43 bits per heavy atom. The van der Waals surface area contributed by atoms with Crippen molar-refractivity contribution in [2.45, 2.75) is 26.2 Å². The molecule has 0 aliphatic carbocycles. The molecule has 0 aliphatic rings. The Morgan fingerprint density at radius 2 is 1.74 bits per heavy atom. The number of unbranched alkanes of at least 4 members (excludes halogenated alkanes) is 1. The van der Waals surface area contributed by atoms with Crippen LogP contribution in [0.4, 0.5) is 5.69 Å². The zero-order valence-electron chi connectivity index (χ0n) is 13.5. The van der Waals surface area contributed by atoms with Gasteiger partial charge in [-0.05, 0) is 68.2 Å². The SMILES string of the molecule is CCOc1ccc(NC(=S)NCCCCc2ccccc2)cc1. The van der Waals surface area contributed by atoms with Gasteiger partial charge in [0.15, 0.2) is 5.11 Å². The van der Waals surface area contributed by atoms with Crippen molar-refractivity contribution in [3.8, 4) is 5.75 Å². The summed E-state index contributed by atoms with van der Waals surface area (Å²) in [5.74, 6) is 0.873. The molecule has 2 aromatic carbocycles. The predicted molar refractivity (Wildman–Crippen MR) is 101 cm³/mol. The van der Waals surface area contributed by atoms with Gasteiger partial charge in [-0.3, -0.25) is 0 Å². The molecule has 0 amide bonds. The summed E-state index contributed by atoms with van der Waals surface area (Å²) in [4.78, 5) is 0. The van der Waals surface area contributed by atoms with E-state index in [4.69, 9.17) is 17.0 Å². The number of nitrogens with one attached hydrogen (secondary N) is 2. The molecule has 122 valence electrons. The number of rotatable bonds is 8. The molecule has 0 unspecified atom stereocenters. The highest BCUT2D eigenvalue weighted by Crippen LogP contribution is 2.15. The summed E-state index contributed by atoms with van der Waals surface area (Å²) >= 11 is 5.31. The van der Waals surface area contributed by atoms with E-state index in [-0.39, 0.29) is 0 Å². The Balaban J connectivity index is 1.61. The molecule has 0 spiro atoms. The number of ether oxygens (including phenoxy) is 1. The maximum absolute atomic E-state index is 5.42. The smallest absolute Gasteiger partial charge is 0.170 e. The summed E-state index contributed by atoms with van der Waals surface area (Å²) in [6.45, 7) is 3.54. The lowest BCUT2D eigenvalue weighted by Gasteiger charge is -2.11. The summed E-state index contributed by atoms with van der Waals surface area (Å²) in [6.07, 6.45) is 3.37. The van der Waals surface area contributed by atoms with Crippen molar-refractivity contribution < 1.29 is 4.74 Å². The first kappa shape index (κ1) is 17.3. The van der Waals surface area contributed by atoms with Crippen LogP contribution in [0.1, 0.15) is 25.3 Å². The molecule has 3 nitrogen and oxygen atoms in total. The van der Waals surface area contributed by atoms with E-state index in [0.29, 0.717) is 11.7 Å². The minimum Gasteiger partial charge on any atom is -0.494 e. The second-order valence-corrected chi connectivity index (χ2v) is 5.69. The number of hydrogen-bond donors (Lipinski definition) is 2. The summed E-state index contributed by atoms with van der Waals surface area (Å²) in [6, 6.07) is 18.4. The molecular formula is C19H24N2OS. The number of thiocarbonyl (C=S) groups is 1. The van der Waals surface area contributed by atoms with Crippen LogP contribution in [0.25, 0.3) is 0 Å². The van der Waals surface area contributed by atoms with Crippen molar-refractivity contribution >= 4 is 23.0 Å². The Bertz CT molecular complexity index is 584. The van der Waals surface area contributed by atoms with Crippen LogP contribution < -0.4 is 15.4 Å². The molecule has 0 heterocycles. The third kappa shape index (κ3) is 6.70. The molecule has 0 aromatic heterocycles. The van der Waals surface area contributed by atoms with Gasteiger partial charge in [-0.15, -0.1) is 0 Å². The fourth-order valence-electron chi connectivity index (χ4n) is 2.28. The number of aryl methyl sites for hydroxylation is 1. The zero-order chi connectivity index (χ0) is 16.3. The van der Waals surface area contributed by atoms with Crippen LogP contribution in [0.2, 0.25) is 0 Å². The molecule has 0 saturated heterocycles. The van der Waals surface area contributed by atoms with Gasteiger partial charge < -0.3 is 15.4 Å². The Hall–Kier alpha value is -2.07. The van der Waals surface area contributed by atoms with Crippen LogP contribution >= 0.6 is 12.2 Å². The lowest BCUT2D eigenvalue weighted by molar-refractivity contribution is 0.340. The van der Waals surface area contributed by atoms with E-state index < -0.39 is 0 Å². The Morgan fingerprint density at radius 1 is 1.00 bits per heavy atom. The average molecular weight is 328 g/mol. The van der Waals surface area contributed by atoms with E-state index >= 15 is 0 Å². The van der Waals surface area contributed by atoms with E-state index in [0.717, 1.165) is 37.2 Å². The van der Waals surface area contributed by atoms with Gasteiger partial charge in [0, 0.05) is 12.2 Å². The van der Waals surface area contributed by atoms with Gasteiger partial charge in [0.1, 0.15) is 5.75 Å². The van der Waals surface area contributed by atoms with E-state index in [1.54, 1.807) is 0 Å². The molecule has 0 aliphatic heterocycles. The fraction of sp³-hybridized carbons (Fsp3) is 0.316. The van der Waals surface area contributed by atoms with E-state index in [9.17, 15) is 0 Å². The molecule has 23 heavy (non-hydrogen) atoms. The normalized spacial score (nSPS) is 10.1. The molecular weight excluding hydrogens is 304 g/mol. The highest BCUT2D eigenvalue weighted by molar-refractivity contribution is 7.80. The van der Waals surface area contributed by atoms with Crippen molar-refractivity contribution in [1.82, 2.24) is 5.32 Å². The predicted octanol–water partition coefficient (Wildman–Crippen LogP) is 4.39.